The van der Waals surface area contributed by atoms with Crippen molar-refractivity contribution in [2.45, 2.75) is 46.5 Å². The number of benzene rings is 1. The SMILES string of the molecule is C/C(=N/NC(=O)c1ccc(C)c(C)c1)[C@@H]1C[C@H]2CC[C@@H]1C2. The van der Waals surface area contributed by atoms with E-state index in [1.54, 1.807) is 0 Å². The van der Waals surface area contributed by atoms with Gasteiger partial charge in [0.2, 0.25) is 0 Å². The first-order chi connectivity index (χ1) is 10.0. The minimum atomic E-state index is -0.111. The van der Waals surface area contributed by atoms with Crippen LogP contribution in [-0.4, -0.2) is 11.6 Å². The molecular weight excluding hydrogens is 260 g/mol. The fourth-order valence-electron chi connectivity index (χ4n) is 3.93. The van der Waals surface area contributed by atoms with Crippen LogP contribution in [0.15, 0.2) is 23.3 Å². The number of carbonyl (C=O) groups is 1. The van der Waals surface area contributed by atoms with E-state index in [2.05, 4.69) is 24.4 Å². The molecule has 0 aliphatic heterocycles. The van der Waals surface area contributed by atoms with Crippen LogP contribution in [0.3, 0.4) is 0 Å². The van der Waals surface area contributed by atoms with Gasteiger partial charge in [-0.25, -0.2) is 5.43 Å². The number of nitrogens with one attached hydrogen (secondary N) is 1. The van der Waals surface area contributed by atoms with Crippen LogP contribution < -0.4 is 5.43 Å². The Morgan fingerprint density at radius 2 is 2.00 bits per heavy atom. The van der Waals surface area contributed by atoms with Gasteiger partial charge >= 0.3 is 0 Å². The summed E-state index contributed by atoms with van der Waals surface area (Å²) in [6.07, 6.45) is 5.36. The molecule has 2 aliphatic rings. The molecule has 3 atom stereocenters. The first-order valence-electron chi connectivity index (χ1n) is 7.96. The molecule has 0 heterocycles. The number of rotatable bonds is 3. The van der Waals surface area contributed by atoms with Crippen molar-refractivity contribution in [3.8, 4) is 0 Å². The average molecular weight is 284 g/mol. The number of hydrogen-bond donors (Lipinski definition) is 1. The molecule has 2 fully saturated rings. The molecule has 0 saturated heterocycles. The molecule has 21 heavy (non-hydrogen) atoms. The predicted octanol–water partition coefficient (Wildman–Crippen LogP) is 3.85. The van der Waals surface area contributed by atoms with Crippen molar-refractivity contribution in [2.24, 2.45) is 22.9 Å². The lowest BCUT2D eigenvalue weighted by Crippen LogP contribution is -2.24. The highest BCUT2D eigenvalue weighted by Gasteiger charge is 2.40. The van der Waals surface area contributed by atoms with E-state index in [1.165, 1.54) is 31.2 Å². The summed E-state index contributed by atoms with van der Waals surface area (Å²) in [6.45, 7) is 6.14. The first kappa shape index (κ1) is 14.3. The molecule has 2 aliphatic carbocycles. The summed E-state index contributed by atoms with van der Waals surface area (Å²) in [4.78, 5) is 12.2. The second kappa shape index (κ2) is 5.63. The monoisotopic (exact) mass is 284 g/mol. The van der Waals surface area contributed by atoms with Crippen molar-refractivity contribution in [2.75, 3.05) is 0 Å². The molecule has 1 aromatic rings. The summed E-state index contributed by atoms with van der Waals surface area (Å²) in [5.74, 6) is 2.18. The highest BCUT2D eigenvalue weighted by atomic mass is 16.2. The predicted molar refractivity (Wildman–Crippen MR) is 85.4 cm³/mol. The van der Waals surface area contributed by atoms with Crippen LogP contribution in [0, 0.1) is 31.6 Å². The van der Waals surface area contributed by atoms with Crippen LogP contribution in [0.1, 0.15) is 54.1 Å². The first-order valence-corrected chi connectivity index (χ1v) is 7.96. The van der Waals surface area contributed by atoms with Gasteiger partial charge < -0.3 is 0 Å². The van der Waals surface area contributed by atoms with Crippen molar-refractivity contribution < 1.29 is 4.79 Å². The number of hydrogen-bond acceptors (Lipinski definition) is 2. The molecule has 0 spiro atoms. The van der Waals surface area contributed by atoms with Gasteiger partial charge in [0.15, 0.2) is 0 Å². The minimum Gasteiger partial charge on any atom is -0.267 e. The molecule has 3 nitrogen and oxygen atoms in total. The molecule has 112 valence electrons. The van der Waals surface area contributed by atoms with E-state index >= 15 is 0 Å². The lowest BCUT2D eigenvalue weighted by Gasteiger charge is -2.21. The smallest absolute Gasteiger partial charge is 0.267 e. The highest BCUT2D eigenvalue weighted by Crippen LogP contribution is 2.48. The van der Waals surface area contributed by atoms with Crippen molar-refractivity contribution in [3.63, 3.8) is 0 Å². The molecule has 0 radical (unpaired) electrons. The second-order valence-corrected chi connectivity index (χ2v) is 6.77. The normalized spacial score (nSPS) is 28.0. The summed E-state index contributed by atoms with van der Waals surface area (Å²) in [5.41, 5.74) is 6.85. The quantitative estimate of drug-likeness (QED) is 0.665. The Morgan fingerprint density at radius 3 is 2.62 bits per heavy atom. The Balaban J connectivity index is 1.64. The third-order valence-electron chi connectivity index (χ3n) is 5.38. The van der Waals surface area contributed by atoms with Gasteiger partial charge in [-0.15, -0.1) is 0 Å². The van der Waals surface area contributed by atoms with Crippen LogP contribution in [-0.2, 0) is 0 Å². The molecular formula is C18H24N2O. The summed E-state index contributed by atoms with van der Waals surface area (Å²) in [6, 6.07) is 5.77. The molecule has 3 rings (SSSR count). The van der Waals surface area contributed by atoms with Gasteiger partial charge in [0.25, 0.3) is 5.91 Å². The topological polar surface area (TPSA) is 41.5 Å². The van der Waals surface area contributed by atoms with Crippen LogP contribution >= 0.6 is 0 Å². The van der Waals surface area contributed by atoms with E-state index in [4.69, 9.17) is 0 Å². The van der Waals surface area contributed by atoms with Crippen molar-refractivity contribution >= 4 is 11.6 Å². The van der Waals surface area contributed by atoms with Gasteiger partial charge in [-0.1, -0.05) is 12.5 Å². The molecule has 0 unspecified atom stereocenters. The third kappa shape index (κ3) is 2.87. The molecule has 1 aromatic carbocycles. The van der Waals surface area contributed by atoms with E-state index in [9.17, 15) is 4.79 Å². The van der Waals surface area contributed by atoms with E-state index in [0.29, 0.717) is 11.5 Å². The lowest BCUT2D eigenvalue weighted by atomic mass is 9.86. The van der Waals surface area contributed by atoms with Crippen molar-refractivity contribution in [1.29, 1.82) is 0 Å². The van der Waals surface area contributed by atoms with Crippen LogP contribution in [0.5, 0.6) is 0 Å². The minimum absolute atomic E-state index is 0.111. The maximum absolute atomic E-state index is 12.2. The lowest BCUT2D eigenvalue weighted by molar-refractivity contribution is 0.0954. The fraction of sp³-hybridized carbons (Fsp3) is 0.556. The zero-order valence-electron chi connectivity index (χ0n) is 13.1. The standard InChI is InChI=1S/C18H24N2O/c1-11-4-6-16(8-12(11)2)18(21)20-19-13(3)17-10-14-5-7-15(17)9-14/h4,6,8,14-15,17H,5,7,9-10H2,1-3H3,(H,20,21)/b19-13-/t14-,15+,17-/m0/s1. The number of carbonyl (C=O) groups excluding carboxylic acids is 1. The number of nitrogens with zero attached hydrogens (tertiary/aromatic N) is 1. The maximum Gasteiger partial charge on any atom is 0.271 e. The zero-order chi connectivity index (χ0) is 15.0. The molecule has 1 amide bonds. The van der Waals surface area contributed by atoms with E-state index < -0.39 is 0 Å². The van der Waals surface area contributed by atoms with E-state index in [1.807, 2.05) is 25.1 Å². The van der Waals surface area contributed by atoms with Gasteiger partial charge in [-0.2, -0.15) is 5.10 Å². The third-order valence-corrected chi connectivity index (χ3v) is 5.38. The Morgan fingerprint density at radius 1 is 1.19 bits per heavy atom. The Hall–Kier alpha value is -1.64. The van der Waals surface area contributed by atoms with Gasteiger partial charge in [-0.05, 0) is 75.1 Å². The Kier molecular flexibility index (Phi) is 3.83. The van der Waals surface area contributed by atoms with Crippen LogP contribution in [0.25, 0.3) is 0 Å². The van der Waals surface area contributed by atoms with Crippen molar-refractivity contribution in [3.05, 3.63) is 34.9 Å². The second-order valence-electron chi connectivity index (χ2n) is 6.77. The maximum atomic E-state index is 12.2. The Labute approximate surface area is 126 Å². The summed E-state index contributed by atoms with van der Waals surface area (Å²) >= 11 is 0. The fourth-order valence-corrected chi connectivity index (χ4v) is 3.93. The Bertz CT molecular complexity index is 591. The average Bonchev–Trinajstić information content (AvgIpc) is 3.10. The molecule has 2 bridgehead atoms. The zero-order valence-corrected chi connectivity index (χ0v) is 13.1. The van der Waals surface area contributed by atoms with E-state index in [-0.39, 0.29) is 5.91 Å². The van der Waals surface area contributed by atoms with Crippen LogP contribution in [0.2, 0.25) is 0 Å². The van der Waals surface area contributed by atoms with Gasteiger partial charge in [0, 0.05) is 17.2 Å². The molecule has 1 N–H and O–H groups in total. The van der Waals surface area contributed by atoms with Crippen molar-refractivity contribution in [1.82, 2.24) is 5.43 Å². The van der Waals surface area contributed by atoms with Crippen LogP contribution in [0.4, 0.5) is 0 Å². The molecule has 3 heteroatoms. The molecule has 2 saturated carbocycles. The van der Waals surface area contributed by atoms with E-state index in [0.717, 1.165) is 23.1 Å². The van der Waals surface area contributed by atoms with Gasteiger partial charge in [0.1, 0.15) is 0 Å². The largest absolute Gasteiger partial charge is 0.271 e. The number of hydrazone groups is 1. The summed E-state index contributed by atoms with van der Waals surface area (Å²) in [7, 11) is 0. The summed E-state index contributed by atoms with van der Waals surface area (Å²) < 4.78 is 0. The van der Waals surface area contributed by atoms with Gasteiger partial charge in [0.05, 0.1) is 0 Å². The number of aryl methyl sites for hydroxylation is 2. The number of amides is 1. The summed E-state index contributed by atoms with van der Waals surface area (Å²) in [5, 5.41) is 4.37. The number of fused-ring (bicyclic) bond motifs is 2. The van der Waals surface area contributed by atoms with Gasteiger partial charge in [-0.3, -0.25) is 4.79 Å². The highest BCUT2D eigenvalue weighted by molar-refractivity contribution is 5.95. The molecule has 0 aromatic heterocycles.